The van der Waals surface area contributed by atoms with Crippen LogP contribution in [0.2, 0.25) is 0 Å². The van der Waals surface area contributed by atoms with Crippen molar-refractivity contribution in [1.82, 2.24) is 20.4 Å². The van der Waals surface area contributed by atoms with Crippen LogP contribution < -0.4 is 5.32 Å². The van der Waals surface area contributed by atoms with E-state index in [-0.39, 0.29) is 17.9 Å². The second-order valence-electron chi connectivity index (χ2n) is 5.40. The third-order valence-electron chi connectivity index (χ3n) is 3.75. The fourth-order valence-corrected chi connectivity index (χ4v) is 2.45. The predicted octanol–water partition coefficient (Wildman–Crippen LogP) is 2.67. The van der Waals surface area contributed by atoms with E-state index in [0.717, 1.165) is 24.8 Å². The van der Waals surface area contributed by atoms with Gasteiger partial charge in [0.25, 0.3) is 0 Å². The highest BCUT2D eigenvalue weighted by Crippen LogP contribution is 2.21. The Morgan fingerprint density at radius 2 is 2.18 bits per heavy atom. The zero-order chi connectivity index (χ0) is 15.4. The number of hydrogen-bond acceptors (Lipinski definition) is 5. The molecule has 0 unspecified atom stereocenters. The van der Waals surface area contributed by atoms with Gasteiger partial charge >= 0.3 is 0 Å². The first-order valence-corrected chi connectivity index (χ1v) is 7.43. The van der Waals surface area contributed by atoms with Gasteiger partial charge in [0.15, 0.2) is 0 Å². The van der Waals surface area contributed by atoms with Gasteiger partial charge < -0.3 is 9.84 Å². The second kappa shape index (κ2) is 6.51. The maximum atomic E-state index is 12.2. The van der Waals surface area contributed by atoms with Gasteiger partial charge in [0, 0.05) is 23.9 Å². The van der Waals surface area contributed by atoms with E-state index >= 15 is 0 Å². The van der Waals surface area contributed by atoms with Crippen LogP contribution >= 0.6 is 0 Å². The molecule has 1 amide bonds. The van der Waals surface area contributed by atoms with Crippen LogP contribution in [0.1, 0.15) is 38.1 Å². The smallest absolute Gasteiger partial charge is 0.249 e. The first-order valence-electron chi connectivity index (χ1n) is 7.43. The maximum absolute atomic E-state index is 12.2. The van der Waals surface area contributed by atoms with Gasteiger partial charge in [-0.25, -0.2) is 0 Å². The van der Waals surface area contributed by atoms with Gasteiger partial charge in [0.1, 0.15) is 6.04 Å². The molecule has 1 aliphatic carbocycles. The average molecular weight is 298 g/mol. The summed E-state index contributed by atoms with van der Waals surface area (Å²) >= 11 is 0. The Morgan fingerprint density at radius 3 is 2.91 bits per heavy atom. The summed E-state index contributed by atoms with van der Waals surface area (Å²) in [5.41, 5.74) is 0.834. The molecular formula is C16H18N4O2. The standard InChI is InChI=1S/C16H18N4O2/c1-11(18-15(21)13-5-3-2-4-6-13)16-19-14(20-22-16)12-7-9-17-10-8-12/h2-3,7-11,13H,4-6H2,1H3,(H,18,21)/t11-,13-/m1/s1. The fourth-order valence-electron chi connectivity index (χ4n) is 2.45. The van der Waals surface area contributed by atoms with Gasteiger partial charge in [-0.2, -0.15) is 4.98 Å². The van der Waals surface area contributed by atoms with Crippen LogP contribution in [0.3, 0.4) is 0 Å². The summed E-state index contributed by atoms with van der Waals surface area (Å²) in [6.07, 6.45) is 10.2. The summed E-state index contributed by atoms with van der Waals surface area (Å²) in [5, 5.41) is 6.90. The Kier molecular flexibility index (Phi) is 4.27. The highest BCUT2D eigenvalue weighted by atomic mass is 16.5. The summed E-state index contributed by atoms with van der Waals surface area (Å²) in [4.78, 5) is 20.5. The highest BCUT2D eigenvalue weighted by Gasteiger charge is 2.23. The van der Waals surface area contributed by atoms with E-state index in [9.17, 15) is 4.79 Å². The van der Waals surface area contributed by atoms with E-state index in [0.29, 0.717) is 11.7 Å². The van der Waals surface area contributed by atoms with Crippen LogP contribution in [0.5, 0.6) is 0 Å². The normalized spacial score (nSPS) is 18.9. The molecule has 114 valence electrons. The van der Waals surface area contributed by atoms with Gasteiger partial charge in [-0.05, 0) is 38.3 Å². The fraction of sp³-hybridized carbons (Fsp3) is 0.375. The number of allylic oxidation sites excluding steroid dienone is 2. The molecule has 0 radical (unpaired) electrons. The zero-order valence-electron chi connectivity index (χ0n) is 12.4. The third-order valence-corrected chi connectivity index (χ3v) is 3.75. The van der Waals surface area contributed by atoms with E-state index in [4.69, 9.17) is 4.52 Å². The van der Waals surface area contributed by atoms with Crippen molar-refractivity contribution >= 4 is 5.91 Å². The van der Waals surface area contributed by atoms with Gasteiger partial charge in [0.2, 0.25) is 17.6 Å². The van der Waals surface area contributed by atoms with Gasteiger partial charge in [-0.1, -0.05) is 17.3 Å². The van der Waals surface area contributed by atoms with Gasteiger partial charge in [0.05, 0.1) is 0 Å². The number of amides is 1. The molecule has 0 saturated heterocycles. The number of rotatable bonds is 4. The molecular weight excluding hydrogens is 280 g/mol. The Hall–Kier alpha value is -2.50. The van der Waals surface area contributed by atoms with Crippen LogP contribution in [-0.2, 0) is 4.79 Å². The minimum Gasteiger partial charge on any atom is -0.344 e. The molecule has 0 aromatic carbocycles. The Morgan fingerprint density at radius 1 is 1.36 bits per heavy atom. The number of nitrogens with zero attached hydrogens (tertiary/aromatic N) is 3. The summed E-state index contributed by atoms with van der Waals surface area (Å²) < 4.78 is 5.26. The molecule has 6 nitrogen and oxygen atoms in total. The van der Waals surface area contributed by atoms with Crippen molar-refractivity contribution in [3.63, 3.8) is 0 Å². The van der Waals surface area contributed by atoms with Gasteiger partial charge in [-0.3, -0.25) is 9.78 Å². The van der Waals surface area contributed by atoms with Crippen molar-refractivity contribution in [3.05, 3.63) is 42.6 Å². The van der Waals surface area contributed by atoms with E-state index in [1.54, 1.807) is 12.4 Å². The molecule has 0 bridgehead atoms. The Labute approximate surface area is 128 Å². The molecule has 0 spiro atoms. The van der Waals surface area contributed by atoms with Crippen molar-refractivity contribution < 1.29 is 9.32 Å². The summed E-state index contributed by atoms with van der Waals surface area (Å²) in [6, 6.07) is 3.32. The summed E-state index contributed by atoms with van der Waals surface area (Å²) in [6.45, 7) is 1.85. The molecule has 1 N–H and O–H groups in total. The van der Waals surface area contributed by atoms with Crippen LogP contribution in [-0.4, -0.2) is 21.0 Å². The SMILES string of the molecule is C[C@@H](NC(=O)[C@@H]1CC=CCC1)c1nc(-c2ccncc2)no1. The molecule has 0 fully saturated rings. The second-order valence-corrected chi connectivity index (χ2v) is 5.40. The quantitative estimate of drug-likeness (QED) is 0.878. The lowest BCUT2D eigenvalue weighted by Crippen LogP contribution is -2.33. The first-order chi connectivity index (χ1) is 10.7. The monoisotopic (exact) mass is 298 g/mol. The summed E-state index contributed by atoms with van der Waals surface area (Å²) in [5.74, 6) is 0.987. The van der Waals surface area contributed by atoms with E-state index in [1.165, 1.54) is 0 Å². The molecule has 2 heterocycles. The minimum absolute atomic E-state index is 0.0371. The number of nitrogens with one attached hydrogen (secondary N) is 1. The molecule has 2 atom stereocenters. The molecule has 2 aromatic heterocycles. The Bertz CT molecular complexity index is 666. The third kappa shape index (κ3) is 3.21. The van der Waals surface area contributed by atoms with Crippen LogP contribution in [0.4, 0.5) is 0 Å². The number of pyridine rings is 1. The number of hydrogen-bond donors (Lipinski definition) is 1. The van der Waals surface area contributed by atoms with Crippen molar-refractivity contribution in [2.45, 2.75) is 32.2 Å². The van der Waals surface area contributed by atoms with Crippen molar-refractivity contribution in [1.29, 1.82) is 0 Å². The zero-order valence-corrected chi connectivity index (χ0v) is 12.4. The minimum atomic E-state index is -0.304. The topological polar surface area (TPSA) is 80.9 Å². The molecule has 2 aromatic rings. The van der Waals surface area contributed by atoms with Crippen molar-refractivity contribution in [2.75, 3.05) is 0 Å². The lowest BCUT2D eigenvalue weighted by molar-refractivity contribution is -0.126. The molecule has 0 saturated carbocycles. The van der Waals surface area contributed by atoms with E-state index < -0.39 is 0 Å². The molecule has 1 aliphatic rings. The van der Waals surface area contributed by atoms with Crippen molar-refractivity contribution in [2.24, 2.45) is 5.92 Å². The Balaban J connectivity index is 1.65. The highest BCUT2D eigenvalue weighted by molar-refractivity contribution is 5.79. The lowest BCUT2D eigenvalue weighted by atomic mass is 9.93. The number of carbonyl (C=O) groups is 1. The summed E-state index contributed by atoms with van der Waals surface area (Å²) in [7, 11) is 0. The van der Waals surface area contributed by atoms with E-state index in [1.807, 2.05) is 19.1 Å². The average Bonchev–Trinajstić information content (AvgIpc) is 3.06. The number of aromatic nitrogens is 3. The van der Waals surface area contributed by atoms with E-state index in [2.05, 4.69) is 32.6 Å². The van der Waals surface area contributed by atoms with Crippen LogP contribution in [0.15, 0.2) is 41.2 Å². The lowest BCUT2D eigenvalue weighted by Gasteiger charge is -2.19. The van der Waals surface area contributed by atoms with Crippen LogP contribution in [0, 0.1) is 5.92 Å². The largest absolute Gasteiger partial charge is 0.344 e. The maximum Gasteiger partial charge on any atom is 0.249 e. The van der Waals surface area contributed by atoms with Gasteiger partial charge in [-0.15, -0.1) is 0 Å². The molecule has 0 aliphatic heterocycles. The van der Waals surface area contributed by atoms with Crippen molar-refractivity contribution in [3.8, 4) is 11.4 Å². The van der Waals surface area contributed by atoms with Crippen LogP contribution in [0.25, 0.3) is 11.4 Å². The molecule has 6 heteroatoms. The first kappa shape index (κ1) is 14.4. The number of carbonyl (C=O) groups excluding carboxylic acids is 1. The molecule has 22 heavy (non-hydrogen) atoms. The predicted molar refractivity (Wildman–Crippen MR) is 80.6 cm³/mol. The molecule has 3 rings (SSSR count).